The van der Waals surface area contributed by atoms with Gasteiger partial charge in [-0.25, -0.2) is 0 Å². The number of thioether (sulfide) groups is 1. The molecule has 0 aliphatic carbocycles. The molecule has 17 heteroatoms. The van der Waals surface area contributed by atoms with Gasteiger partial charge in [0.2, 0.25) is 17.7 Å². The van der Waals surface area contributed by atoms with Crippen molar-refractivity contribution in [3.8, 4) is 0 Å². The highest BCUT2D eigenvalue weighted by molar-refractivity contribution is 8.13. The van der Waals surface area contributed by atoms with Crippen molar-refractivity contribution in [3.05, 3.63) is 0 Å². The molecule has 2 rings (SSSR count). The van der Waals surface area contributed by atoms with Gasteiger partial charge in [0.05, 0.1) is 19.8 Å². The van der Waals surface area contributed by atoms with E-state index in [-0.39, 0.29) is 30.6 Å². The number of carbonyl (C=O) groups excluding carboxylic acids is 4. The zero-order valence-electron chi connectivity index (χ0n) is 23.8. The molecule has 0 saturated carbocycles. The van der Waals surface area contributed by atoms with Crippen molar-refractivity contribution < 1.29 is 63.7 Å². The molecule has 4 unspecified atom stereocenters. The summed E-state index contributed by atoms with van der Waals surface area (Å²) in [5.74, 6) is -0.682. The Labute approximate surface area is 247 Å². The van der Waals surface area contributed by atoms with E-state index in [1.807, 2.05) is 0 Å². The van der Waals surface area contributed by atoms with Gasteiger partial charge < -0.3 is 60.4 Å². The first-order valence-corrected chi connectivity index (χ1v) is 14.7. The highest BCUT2D eigenvalue weighted by atomic mass is 32.2. The lowest BCUT2D eigenvalue weighted by atomic mass is 9.96. The second-order valence-corrected chi connectivity index (χ2v) is 11.3. The summed E-state index contributed by atoms with van der Waals surface area (Å²) in [6.07, 6.45) is -10.0. The van der Waals surface area contributed by atoms with Crippen LogP contribution in [0.15, 0.2) is 0 Å². The van der Waals surface area contributed by atoms with E-state index < -0.39 is 86.3 Å². The standard InChI is InChI=1S/C25H43N3O13S/c1-12(30)27-18-23(37)21(35)16(11-39-25-19(28-13(2)31)22(36)20(34)15(10-29)40-25)41-24(18)38-8-5-7-26-17(33)6-4-9-42-14(3)32/h15-16,18-25,29,34-37H,4-11H2,1-3H3,(H,26,33)(H,27,30)(H,28,31)/t15?,16?,18?,19?,20-,21-,22-,23-,24-,25-/m1/s1. The van der Waals surface area contributed by atoms with Crippen LogP contribution in [0.4, 0.5) is 0 Å². The molecule has 0 bridgehead atoms. The monoisotopic (exact) mass is 625 g/mol. The summed E-state index contributed by atoms with van der Waals surface area (Å²) >= 11 is 1.16. The van der Waals surface area contributed by atoms with E-state index >= 15 is 0 Å². The van der Waals surface area contributed by atoms with Gasteiger partial charge in [-0.05, 0) is 12.8 Å². The molecule has 2 aliphatic rings. The van der Waals surface area contributed by atoms with Crippen LogP contribution < -0.4 is 16.0 Å². The van der Waals surface area contributed by atoms with Crippen LogP contribution in [0.1, 0.15) is 40.0 Å². The average molecular weight is 626 g/mol. The smallest absolute Gasteiger partial charge is 0.220 e. The van der Waals surface area contributed by atoms with Crippen molar-refractivity contribution in [1.82, 2.24) is 16.0 Å². The summed E-state index contributed by atoms with van der Waals surface area (Å²) in [6, 6.07) is -2.37. The molecule has 2 heterocycles. The largest absolute Gasteiger partial charge is 0.394 e. The highest BCUT2D eigenvalue weighted by Crippen LogP contribution is 2.26. The summed E-state index contributed by atoms with van der Waals surface area (Å²) in [5.41, 5.74) is 0. The third-order valence-electron chi connectivity index (χ3n) is 6.53. The van der Waals surface area contributed by atoms with Gasteiger partial charge in [-0.2, -0.15) is 0 Å². The lowest BCUT2D eigenvalue weighted by Gasteiger charge is -2.45. The van der Waals surface area contributed by atoms with Crippen molar-refractivity contribution >= 4 is 34.6 Å². The number of aliphatic hydroxyl groups excluding tert-OH is 5. The van der Waals surface area contributed by atoms with Gasteiger partial charge in [0, 0.05) is 39.5 Å². The molecule has 10 atom stereocenters. The lowest BCUT2D eigenvalue weighted by molar-refractivity contribution is -0.303. The van der Waals surface area contributed by atoms with Crippen LogP contribution in [0.3, 0.4) is 0 Å². The normalized spacial score (nSPS) is 33.0. The zero-order chi connectivity index (χ0) is 31.4. The van der Waals surface area contributed by atoms with Crippen LogP contribution in [-0.2, 0) is 38.1 Å². The van der Waals surface area contributed by atoms with E-state index in [2.05, 4.69) is 16.0 Å². The van der Waals surface area contributed by atoms with E-state index in [1.54, 1.807) is 0 Å². The van der Waals surface area contributed by atoms with E-state index in [4.69, 9.17) is 18.9 Å². The van der Waals surface area contributed by atoms with Gasteiger partial charge in [0.25, 0.3) is 0 Å². The van der Waals surface area contributed by atoms with Gasteiger partial charge in [-0.15, -0.1) is 0 Å². The number of nitrogens with one attached hydrogen (secondary N) is 3. The van der Waals surface area contributed by atoms with Crippen LogP contribution >= 0.6 is 11.8 Å². The molecule has 242 valence electrons. The minimum Gasteiger partial charge on any atom is -0.394 e. The van der Waals surface area contributed by atoms with Crippen LogP contribution in [-0.4, -0.2) is 142 Å². The van der Waals surface area contributed by atoms with Crippen LogP contribution in [0, 0.1) is 0 Å². The quantitative estimate of drug-likeness (QED) is 0.0823. The van der Waals surface area contributed by atoms with Crippen LogP contribution in [0.5, 0.6) is 0 Å². The Kier molecular flexibility index (Phi) is 15.6. The fourth-order valence-electron chi connectivity index (χ4n) is 4.44. The molecule has 3 amide bonds. The number of amides is 3. The molecule has 42 heavy (non-hydrogen) atoms. The van der Waals surface area contributed by atoms with Crippen molar-refractivity contribution in [1.29, 1.82) is 0 Å². The topological polar surface area (TPSA) is 242 Å². The Morgan fingerprint density at radius 2 is 1.33 bits per heavy atom. The first kappa shape index (κ1) is 36.3. The fraction of sp³-hybridized carbons (Fsp3) is 0.840. The molecule has 8 N–H and O–H groups in total. The van der Waals surface area contributed by atoms with Gasteiger partial charge in [0.1, 0.15) is 48.7 Å². The minimum absolute atomic E-state index is 0.00743. The molecule has 2 saturated heterocycles. The summed E-state index contributed by atoms with van der Waals surface area (Å²) in [7, 11) is 0. The number of ether oxygens (including phenoxy) is 4. The predicted octanol–water partition coefficient (Wildman–Crippen LogP) is -3.52. The van der Waals surface area contributed by atoms with Gasteiger partial charge in [-0.1, -0.05) is 11.8 Å². The zero-order valence-corrected chi connectivity index (χ0v) is 24.7. The Bertz CT molecular complexity index is 900. The first-order chi connectivity index (χ1) is 19.8. The van der Waals surface area contributed by atoms with Crippen molar-refractivity contribution in [2.45, 2.75) is 101 Å². The second-order valence-electron chi connectivity index (χ2n) is 10.0. The Balaban J connectivity index is 1.95. The molecule has 0 aromatic rings. The van der Waals surface area contributed by atoms with Crippen LogP contribution in [0.25, 0.3) is 0 Å². The maximum absolute atomic E-state index is 11.9. The molecule has 2 fully saturated rings. The fourth-order valence-corrected chi connectivity index (χ4v) is 5.01. The maximum atomic E-state index is 11.9. The number of carbonyl (C=O) groups is 4. The lowest BCUT2D eigenvalue weighted by Crippen LogP contribution is -2.66. The van der Waals surface area contributed by atoms with Crippen molar-refractivity contribution in [2.24, 2.45) is 0 Å². The van der Waals surface area contributed by atoms with Gasteiger partial charge in [-0.3, -0.25) is 19.2 Å². The molecular weight excluding hydrogens is 582 g/mol. The first-order valence-electron chi connectivity index (χ1n) is 13.7. The molecule has 2 aliphatic heterocycles. The summed E-state index contributed by atoms with van der Waals surface area (Å²) < 4.78 is 22.7. The third kappa shape index (κ3) is 11.3. The summed E-state index contributed by atoms with van der Waals surface area (Å²) in [5, 5.41) is 59.2. The molecule has 0 spiro atoms. The summed E-state index contributed by atoms with van der Waals surface area (Å²) in [4.78, 5) is 46.3. The average Bonchev–Trinajstić information content (AvgIpc) is 2.92. The number of aliphatic hydroxyl groups is 5. The van der Waals surface area contributed by atoms with Gasteiger partial charge in [0.15, 0.2) is 17.7 Å². The van der Waals surface area contributed by atoms with Crippen LogP contribution in [0.2, 0.25) is 0 Å². The minimum atomic E-state index is -1.56. The SMILES string of the molecule is CC(=O)NC1[C@H](OCC2O[C@@H](OCCCNC(=O)CCCSC(C)=O)C(NC(C)=O)[C@@H](O)[C@@H]2O)OC(CO)[C@@H](O)[C@@H]1O. The molecule has 16 nitrogen and oxygen atoms in total. The third-order valence-corrected chi connectivity index (χ3v) is 7.42. The Hall–Kier alpha value is -1.93. The Morgan fingerprint density at radius 1 is 0.786 bits per heavy atom. The number of hydrogen-bond donors (Lipinski definition) is 8. The Morgan fingerprint density at radius 3 is 1.88 bits per heavy atom. The molecule has 0 radical (unpaired) electrons. The molecule has 0 aromatic heterocycles. The summed E-state index contributed by atoms with van der Waals surface area (Å²) in [6.45, 7) is 3.10. The predicted molar refractivity (Wildman–Crippen MR) is 146 cm³/mol. The van der Waals surface area contributed by atoms with Gasteiger partial charge >= 0.3 is 0 Å². The van der Waals surface area contributed by atoms with Crippen molar-refractivity contribution in [3.63, 3.8) is 0 Å². The van der Waals surface area contributed by atoms with E-state index in [9.17, 15) is 44.7 Å². The van der Waals surface area contributed by atoms with Crippen molar-refractivity contribution in [2.75, 3.05) is 32.1 Å². The molecular formula is C25H43N3O13S. The maximum Gasteiger partial charge on any atom is 0.220 e. The van der Waals surface area contributed by atoms with E-state index in [0.717, 1.165) is 11.8 Å². The number of rotatable bonds is 15. The second kappa shape index (κ2) is 18.0. The highest BCUT2D eigenvalue weighted by Gasteiger charge is 2.48. The van der Waals surface area contributed by atoms with E-state index in [0.29, 0.717) is 18.6 Å². The molecule has 0 aromatic carbocycles. The van der Waals surface area contributed by atoms with E-state index in [1.165, 1.54) is 20.8 Å². The number of hydrogen-bond acceptors (Lipinski definition) is 14.